The van der Waals surface area contributed by atoms with Crippen molar-refractivity contribution in [1.82, 2.24) is 0 Å². The van der Waals surface area contributed by atoms with E-state index in [1.807, 2.05) is 6.92 Å². The van der Waals surface area contributed by atoms with E-state index < -0.39 is 0 Å². The van der Waals surface area contributed by atoms with Gasteiger partial charge in [0, 0.05) is 6.42 Å². The highest BCUT2D eigenvalue weighted by atomic mass is 16.7. The highest BCUT2D eigenvalue weighted by Gasteiger charge is 2.30. The van der Waals surface area contributed by atoms with E-state index in [4.69, 9.17) is 9.47 Å². The Labute approximate surface area is 99.1 Å². The van der Waals surface area contributed by atoms with Crippen LogP contribution in [0.2, 0.25) is 0 Å². The first-order valence-corrected chi connectivity index (χ1v) is 6.62. The van der Waals surface area contributed by atoms with Crippen molar-refractivity contribution < 1.29 is 14.6 Å². The van der Waals surface area contributed by atoms with Crippen LogP contribution in [0.25, 0.3) is 0 Å². The Morgan fingerprint density at radius 3 is 2.38 bits per heavy atom. The van der Waals surface area contributed by atoms with Gasteiger partial charge in [-0.3, -0.25) is 0 Å². The van der Waals surface area contributed by atoms with Crippen LogP contribution in [0.1, 0.15) is 58.8 Å². The van der Waals surface area contributed by atoms with Crippen molar-refractivity contribution in [3.63, 3.8) is 0 Å². The van der Waals surface area contributed by atoms with E-state index in [9.17, 15) is 5.11 Å². The van der Waals surface area contributed by atoms with E-state index in [0.717, 1.165) is 32.1 Å². The first-order chi connectivity index (χ1) is 7.66. The minimum Gasteiger partial charge on any atom is -0.393 e. The molecule has 0 spiro atoms. The van der Waals surface area contributed by atoms with Crippen LogP contribution in [0.5, 0.6) is 0 Å². The lowest BCUT2D eigenvalue weighted by Crippen LogP contribution is -2.25. The monoisotopic (exact) mass is 230 g/mol. The maximum absolute atomic E-state index is 9.75. The zero-order valence-corrected chi connectivity index (χ0v) is 10.7. The fourth-order valence-electron chi connectivity index (χ4n) is 2.13. The van der Waals surface area contributed by atoms with Gasteiger partial charge in [-0.05, 0) is 26.2 Å². The molecule has 1 aliphatic heterocycles. The number of rotatable bonds is 8. The Balaban J connectivity index is 2.01. The Morgan fingerprint density at radius 2 is 1.75 bits per heavy atom. The predicted molar refractivity (Wildman–Crippen MR) is 64.3 cm³/mol. The summed E-state index contributed by atoms with van der Waals surface area (Å²) in [4.78, 5) is 0. The first kappa shape index (κ1) is 13.9. The van der Waals surface area contributed by atoms with Crippen LogP contribution in [0.4, 0.5) is 0 Å². The van der Waals surface area contributed by atoms with E-state index >= 15 is 0 Å². The molecule has 96 valence electrons. The third-order valence-electron chi connectivity index (χ3n) is 3.21. The fourth-order valence-corrected chi connectivity index (χ4v) is 2.13. The minimum atomic E-state index is -0.386. The summed E-state index contributed by atoms with van der Waals surface area (Å²) in [6, 6.07) is 0. The molecule has 0 aromatic carbocycles. The van der Waals surface area contributed by atoms with Gasteiger partial charge in [0.2, 0.25) is 0 Å². The summed E-state index contributed by atoms with van der Waals surface area (Å²) in [5.74, 6) is -0.386. The van der Waals surface area contributed by atoms with E-state index in [-0.39, 0.29) is 11.9 Å². The van der Waals surface area contributed by atoms with Crippen molar-refractivity contribution in [2.75, 3.05) is 13.2 Å². The number of hydrogen-bond acceptors (Lipinski definition) is 3. The molecule has 1 fully saturated rings. The highest BCUT2D eigenvalue weighted by molar-refractivity contribution is 4.69. The molecule has 0 amide bonds. The van der Waals surface area contributed by atoms with Crippen LogP contribution >= 0.6 is 0 Å². The molecule has 1 unspecified atom stereocenters. The number of aliphatic hydroxyl groups excluding tert-OH is 1. The van der Waals surface area contributed by atoms with Gasteiger partial charge < -0.3 is 14.6 Å². The summed E-state index contributed by atoms with van der Waals surface area (Å²) in [5, 5.41) is 9.75. The highest BCUT2D eigenvalue weighted by Crippen LogP contribution is 2.25. The van der Waals surface area contributed by atoms with Gasteiger partial charge >= 0.3 is 0 Å². The summed E-state index contributed by atoms with van der Waals surface area (Å²) in [5.41, 5.74) is 0. The Morgan fingerprint density at radius 1 is 1.12 bits per heavy atom. The van der Waals surface area contributed by atoms with Gasteiger partial charge in [0.1, 0.15) is 0 Å². The fraction of sp³-hybridized carbons (Fsp3) is 1.00. The molecule has 1 atom stereocenters. The van der Waals surface area contributed by atoms with Gasteiger partial charge in [-0.15, -0.1) is 0 Å². The Bertz CT molecular complexity index is 176. The molecule has 0 aromatic heterocycles. The average Bonchev–Trinajstić information content (AvgIpc) is 2.66. The third-order valence-corrected chi connectivity index (χ3v) is 3.21. The molecule has 1 heterocycles. The molecule has 1 N–H and O–H groups in total. The van der Waals surface area contributed by atoms with Crippen molar-refractivity contribution in [1.29, 1.82) is 0 Å². The maximum atomic E-state index is 9.75. The van der Waals surface area contributed by atoms with Gasteiger partial charge in [0.15, 0.2) is 5.79 Å². The van der Waals surface area contributed by atoms with Gasteiger partial charge in [-0.25, -0.2) is 0 Å². The first-order valence-electron chi connectivity index (χ1n) is 6.62. The van der Waals surface area contributed by atoms with Crippen molar-refractivity contribution in [2.45, 2.75) is 70.7 Å². The van der Waals surface area contributed by atoms with Crippen LogP contribution in [0, 0.1) is 0 Å². The SMILES string of the molecule is CCCCCC(O)CCCC1(C)OCCO1. The van der Waals surface area contributed by atoms with E-state index in [0.29, 0.717) is 13.2 Å². The van der Waals surface area contributed by atoms with Gasteiger partial charge in [-0.2, -0.15) is 0 Å². The number of unbranched alkanes of at least 4 members (excludes halogenated alkanes) is 2. The van der Waals surface area contributed by atoms with Gasteiger partial charge in [-0.1, -0.05) is 26.2 Å². The maximum Gasteiger partial charge on any atom is 0.165 e. The summed E-state index contributed by atoms with van der Waals surface area (Å²) < 4.78 is 11.0. The topological polar surface area (TPSA) is 38.7 Å². The molecule has 3 nitrogen and oxygen atoms in total. The molecular weight excluding hydrogens is 204 g/mol. The molecule has 0 aromatic rings. The molecule has 0 aliphatic carbocycles. The smallest absolute Gasteiger partial charge is 0.165 e. The number of hydrogen-bond donors (Lipinski definition) is 1. The second kappa shape index (κ2) is 7.25. The molecule has 0 radical (unpaired) electrons. The quantitative estimate of drug-likeness (QED) is 0.652. The second-order valence-corrected chi connectivity index (χ2v) is 4.87. The number of ether oxygens (including phenoxy) is 2. The van der Waals surface area contributed by atoms with Crippen molar-refractivity contribution >= 4 is 0 Å². The summed E-state index contributed by atoms with van der Waals surface area (Å²) >= 11 is 0. The van der Waals surface area contributed by atoms with E-state index in [2.05, 4.69) is 6.92 Å². The molecule has 0 bridgehead atoms. The van der Waals surface area contributed by atoms with E-state index in [1.54, 1.807) is 0 Å². The van der Waals surface area contributed by atoms with Crippen LogP contribution in [0.3, 0.4) is 0 Å². The van der Waals surface area contributed by atoms with E-state index in [1.165, 1.54) is 12.8 Å². The molecule has 0 saturated carbocycles. The average molecular weight is 230 g/mol. The zero-order valence-electron chi connectivity index (χ0n) is 10.7. The van der Waals surface area contributed by atoms with Crippen LogP contribution in [-0.2, 0) is 9.47 Å². The van der Waals surface area contributed by atoms with Gasteiger partial charge in [0.05, 0.1) is 19.3 Å². The second-order valence-electron chi connectivity index (χ2n) is 4.87. The van der Waals surface area contributed by atoms with Crippen LogP contribution in [-0.4, -0.2) is 30.2 Å². The van der Waals surface area contributed by atoms with Gasteiger partial charge in [0.25, 0.3) is 0 Å². The Hall–Kier alpha value is -0.120. The Kier molecular flexibility index (Phi) is 6.32. The van der Waals surface area contributed by atoms with Crippen LogP contribution < -0.4 is 0 Å². The normalized spacial score (nSPS) is 21.2. The molecule has 1 saturated heterocycles. The predicted octanol–water partition coefficient (Wildman–Crippen LogP) is 2.86. The minimum absolute atomic E-state index is 0.142. The third kappa shape index (κ3) is 5.28. The zero-order chi connectivity index (χ0) is 11.9. The van der Waals surface area contributed by atoms with Crippen molar-refractivity contribution in [3.8, 4) is 0 Å². The molecule has 16 heavy (non-hydrogen) atoms. The molecular formula is C13H26O3. The van der Waals surface area contributed by atoms with Crippen LogP contribution in [0.15, 0.2) is 0 Å². The lowest BCUT2D eigenvalue weighted by Gasteiger charge is -2.22. The lowest BCUT2D eigenvalue weighted by molar-refractivity contribution is -0.148. The summed E-state index contributed by atoms with van der Waals surface area (Å²) in [6.07, 6.45) is 7.10. The van der Waals surface area contributed by atoms with Crippen molar-refractivity contribution in [3.05, 3.63) is 0 Å². The standard InChI is InChI=1S/C13H26O3/c1-3-4-5-7-12(14)8-6-9-13(2)15-10-11-16-13/h12,14H,3-11H2,1-2H3. The number of aliphatic hydroxyl groups is 1. The molecule has 1 rings (SSSR count). The largest absolute Gasteiger partial charge is 0.393 e. The van der Waals surface area contributed by atoms with Crippen molar-refractivity contribution in [2.24, 2.45) is 0 Å². The summed E-state index contributed by atoms with van der Waals surface area (Å²) in [6.45, 7) is 5.58. The molecule has 1 aliphatic rings. The summed E-state index contributed by atoms with van der Waals surface area (Å²) in [7, 11) is 0. The molecule has 3 heteroatoms. The lowest BCUT2D eigenvalue weighted by atomic mass is 10.0.